The second-order valence-corrected chi connectivity index (χ2v) is 5.77. The predicted molar refractivity (Wildman–Crippen MR) is 62.3 cm³/mol. The standard InChI is InChI=1S/C13H15F3N2/c1-9-4-12(5-9)7-18(8-12)10-2-3-11(17-6-10)13(14,15)16/h2-3,6,9H,4-5,7-8H2,1H3. The molecule has 2 aliphatic rings. The summed E-state index contributed by atoms with van der Waals surface area (Å²) in [7, 11) is 0. The Morgan fingerprint density at radius 3 is 2.39 bits per heavy atom. The van der Waals surface area contributed by atoms with E-state index in [0.717, 1.165) is 30.8 Å². The van der Waals surface area contributed by atoms with Crippen LogP contribution in [0.1, 0.15) is 25.5 Å². The minimum atomic E-state index is -4.35. The molecule has 2 nitrogen and oxygen atoms in total. The second-order valence-electron chi connectivity index (χ2n) is 5.77. The van der Waals surface area contributed by atoms with Crippen molar-refractivity contribution >= 4 is 5.69 Å². The molecule has 5 heteroatoms. The van der Waals surface area contributed by atoms with Gasteiger partial charge in [0, 0.05) is 18.5 Å². The number of halogens is 3. The second kappa shape index (κ2) is 3.62. The highest BCUT2D eigenvalue weighted by Gasteiger charge is 2.50. The van der Waals surface area contributed by atoms with Crippen molar-refractivity contribution in [2.24, 2.45) is 11.3 Å². The maximum absolute atomic E-state index is 12.4. The van der Waals surface area contributed by atoms with Crippen molar-refractivity contribution in [1.82, 2.24) is 4.98 Å². The minimum Gasteiger partial charge on any atom is -0.369 e. The van der Waals surface area contributed by atoms with Gasteiger partial charge in [-0.25, -0.2) is 4.98 Å². The molecule has 1 aliphatic heterocycles. The van der Waals surface area contributed by atoms with Crippen LogP contribution in [-0.2, 0) is 6.18 Å². The Morgan fingerprint density at radius 1 is 1.28 bits per heavy atom. The number of anilines is 1. The quantitative estimate of drug-likeness (QED) is 0.766. The average molecular weight is 256 g/mol. The van der Waals surface area contributed by atoms with Gasteiger partial charge in [-0.05, 0) is 30.9 Å². The van der Waals surface area contributed by atoms with Gasteiger partial charge in [-0.1, -0.05) is 6.92 Å². The number of hydrogen-bond acceptors (Lipinski definition) is 2. The monoisotopic (exact) mass is 256 g/mol. The molecule has 2 fully saturated rings. The minimum absolute atomic E-state index is 0.447. The summed E-state index contributed by atoms with van der Waals surface area (Å²) in [6, 6.07) is 2.58. The molecule has 2 heterocycles. The van der Waals surface area contributed by atoms with Crippen molar-refractivity contribution in [3.63, 3.8) is 0 Å². The zero-order chi connectivity index (χ0) is 13.0. The van der Waals surface area contributed by atoms with E-state index in [1.807, 2.05) is 0 Å². The third kappa shape index (κ3) is 1.85. The van der Waals surface area contributed by atoms with Crippen LogP contribution in [0.4, 0.5) is 18.9 Å². The van der Waals surface area contributed by atoms with E-state index in [1.54, 1.807) is 0 Å². The van der Waals surface area contributed by atoms with Crippen molar-refractivity contribution in [2.45, 2.75) is 25.9 Å². The first-order valence-corrected chi connectivity index (χ1v) is 6.16. The largest absolute Gasteiger partial charge is 0.433 e. The molecular formula is C13H15F3N2. The lowest BCUT2D eigenvalue weighted by Gasteiger charge is -2.59. The van der Waals surface area contributed by atoms with Crippen molar-refractivity contribution in [3.8, 4) is 0 Å². The lowest BCUT2D eigenvalue weighted by atomic mass is 9.58. The van der Waals surface area contributed by atoms with Crippen molar-refractivity contribution in [3.05, 3.63) is 24.0 Å². The molecule has 1 saturated carbocycles. The van der Waals surface area contributed by atoms with Gasteiger partial charge < -0.3 is 4.90 Å². The molecule has 0 amide bonds. The SMILES string of the molecule is CC1CC2(C1)CN(c1ccc(C(F)(F)F)nc1)C2. The molecule has 98 valence electrons. The average Bonchev–Trinajstić information content (AvgIpc) is 2.20. The van der Waals surface area contributed by atoms with E-state index in [4.69, 9.17) is 0 Å². The Kier molecular flexibility index (Phi) is 2.37. The van der Waals surface area contributed by atoms with Gasteiger partial charge in [-0.2, -0.15) is 13.2 Å². The van der Waals surface area contributed by atoms with Gasteiger partial charge in [-0.3, -0.25) is 0 Å². The Balaban J connectivity index is 1.65. The summed E-state index contributed by atoms with van der Waals surface area (Å²) in [5.41, 5.74) is 0.425. The van der Waals surface area contributed by atoms with Crippen LogP contribution in [-0.4, -0.2) is 18.1 Å². The number of alkyl halides is 3. The van der Waals surface area contributed by atoms with Gasteiger partial charge in [0.2, 0.25) is 0 Å². The highest BCUT2D eigenvalue weighted by Crippen LogP contribution is 2.52. The summed E-state index contributed by atoms with van der Waals surface area (Å²) >= 11 is 0. The molecule has 1 spiro atoms. The van der Waals surface area contributed by atoms with Crippen molar-refractivity contribution < 1.29 is 13.2 Å². The van der Waals surface area contributed by atoms with E-state index >= 15 is 0 Å². The zero-order valence-corrected chi connectivity index (χ0v) is 10.2. The highest BCUT2D eigenvalue weighted by molar-refractivity contribution is 5.49. The first kappa shape index (κ1) is 11.8. The van der Waals surface area contributed by atoms with Gasteiger partial charge in [0.25, 0.3) is 0 Å². The number of pyridine rings is 1. The molecule has 3 rings (SSSR count). The summed E-state index contributed by atoms with van der Waals surface area (Å²) in [6.07, 6.45) is -0.523. The molecule has 0 N–H and O–H groups in total. The third-order valence-electron chi connectivity index (χ3n) is 4.02. The van der Waals surface area contributed by atoms with Crippen LogP contribution in [0.2, 0.25) is 0 Å². The molecule has 0 bridgehead atoms. The number of aromatic nitrogens is 1. The lowest BCUT2D eigenvalue weighted by molar-refractivity contribution is -0.141. The topological polar surface area (TPSA) is 16.1 Å². The molecule has 0 aromatic carbocycles. The summed E-state index contributed by atoms with van der Waals surface area (Å²) in [4.78, 5) is 5.60. The van der Waals surface area contributed by atoms with Crippen LogP contribution >= 0.6 is 0 Å². The Bertz CT molecular complexity index is 438. The molecule has 1 aliphatic carbocycles. The van der Waals surface area contributed by atoms with Crippen molar-refractivity contribution in [1.29, 1.82) is 0 Å². The predicted octanol–water partition coefficient (Wildman–Crippen LogP) is 3.34. The third-order valence-corrected chi connectivity index (χ3v) is 4.02. The van der Waals surface area contributed by atoms with Crippen molar-refractivity contribution in [2.75, 3.05) is 18.0 Å². The van der Waals surface area contributed by atoms with Crippen LogP contribution in [0.25, 0.3) is 0 Å². The molecule has 0 unspecified atom stereocenters. The Labute approximate surface area is 104 Å². The maximum Gasteiger partial charge on any atom is 0.433 e. The first-order valence-electron chi connectivity index (χ1n) is 6.16. The van der Waals surface area contributed by atoms with Gasteiger partial charge in [0.1, 0.15) is 5.69 Å². The van der Waals surface area contributed by atoms with Gasteiger partial charge in [0.05, 0.1) is 11.9 Å². The van der Waals surface area contributed by atoms with E-state index in [2.05, 4.69) is 16.8 Å². The highest BCUT2D eigenvalue weighted by atomic mass is 19.4. The normalized spacial score (nSPS) is 22.8. The Morgan fingerprint density at radius 2 is 1.94 bits per heavy atom. The fourth-order valence-corrected chi connectivity index (χ4v) is 3.36. The smallest absolute Gasteiger partial charge is 0.369 e. The first-order chi connectivity index (χ1) is 8.38. The van der Waals surface area contributed by atoms with Gasteiger partial charge in [0.15, 0.2) is 0 Å². The summed E-state index contributed by atoms with van der Waals surface area (Å²) in [5, 5.41) is 0. The number of nitrogens with zero attached hydrogens (tertiary/aromatic N) is 2. The van der Waals surface area contributed by atoms with Crippen LogP contribution in [0, 0.1) is 11.3 Å². The lowest BCUT2D eigenvalue weighted by Crippen LogP contribution is -2.62. The zero-order valence-electron chi connectivity index (χ0n) is 10.2. The van der Waals surface area contributed by atoms with E-state index in [-0.39, 0.29) is 0 Å². The summed E-state index contributed by atoms with van der Waals surface area (Å²) < 4.78 is 37.1. The van der Waals surface area contributed by atoms with E-state index in [1.165, 1.54) is 25.1 Å². The van der Waals surface area contributed by atoms with Gasteiger partial charge >= 0.3 is 6.18 Å². The van der Waals surface area contributed by atoms with Crippen LogP contribution in [0.15, 0.2) is 18.3 Å². The molecule has 1 saturated heterocycles. The van der Waals surface area contributed by atoms with Gasteiger partial charge in [-0.15, -0.1) is 0 Å². The molecular weight excluding hydrogens is 241 g/mol. The van der Waals surface area contributed by atoms with Crippen LogP contribution in [0.5, 0.6) is 0 Å². The molecule has 18 heavy (non-hydrogen) atoms. The molecule has 1 aromatic heterocycles. The van der Waals surface area contributed by atoms with Crippen LogP contribution < -0.4 is 4.90 Å². The van der Waals surface area contributed by atoms with E-state index < -0.39 is 11.9 Å². The molecule has 0 atom stereocenters. The fraction of sp³-hybridized carbons (Fsp3) is 0.615. The summed E-state index contributed by atoms with van der Waals surface area (Å²) in [5.74, 6) is 0.804. The molecule has 1 aromatic rings. The number of hydrogen-bond donors (Lipinski definition) is 0. The Hall–Kier alpha value is -1.26. The van der Waals surface area contributed by atoms with E-state index in [0.29, 0.717) is 5.41 Å². The maximum atomic E-state index is 12.4. The fourth-order valence-electron chi connectivity index (χ4n) is 3.36. The summed E-state index contributed by atoms with van der Waals surface area (Å²) in [6.45, 7) is 4.17. The number of rotatable bonds is 1. The van der Waals surface area contributed by atoms with E-state index in [9.17, 15) is 13.2 Å². The van der Waals surface area contributed by atoms with Crippen LogP contribution in [0.3, 0.4) is 0 Å². The molecule has 0 radical (unpaired) electrons.